The standard InChI is InChI=1S/C30H36ClN5O3/c1-19-27(34(6)18-33-19)30(5,38)24-16-20-8-7-11-32-25(20)26(22-10-9-21(31)17-23(22)24)35-12-14-36(15-13-35)28(37)39-29(2,3)4/h7-11,16-18,26,38H,12-15H2,1-6H3/t26-,30?/m0/s1. The van der Waals surface area contributed by atoms with Gasteiger partial charge in [-0.05, 0) is 81.2 Å². The summed E-state index contributed by atoms with van der Waals surface area (Å²) >= 11 is 6.57. The highest BCUT2D eigenvalue weighted by atomic mass is 35.5. The number of carbonyl (C=O) groups excluding carboxylic acids is 1. The number of aliphatic hydroxyl groups is 1. The third-order valence-electron chi connectivity index (χ3n) is 7.47. The molecule has 1 amide bonds. The number of carbonyl (C=O) groups is 1. The van der Waals surface area contributed by atoms with Crippen LogP contribution in [-0.4, -0.2) is 67.3 Å². The topological polar surface area (TPSA) is 83.7 Å². The predicted octanol–water partition coefficient (Wildman–Crippen LogP) is 5.18. The molecular weight excluding hydrogens is 514 g/mol. The van der Waals surface area contributed by atoms with Crippen LogP contribution >= 0.6 is 11.6 Å². The molecule has 8 nitrogen and oxygen atoms in total. The van der Waals surface area contributed by atoms with Crippen LogP contribution in [-0.2, 0) is 17.4 Å². The molecule has 5 rings (SSSR count). The Kier molecular flexibility index (Phi) is 7.07. The molecule has 1 aliphatic carbocycles. The second kappa shape index (κ2) is 10.1. The Balaban J connectivity index is 1.58. The minimum absolute atomic E-state index is 0.188. The Bertz CT molecular complexity index is 1410. The van der Waals surface area contributed by atoms with E-state index in [0.717, 1.165) is 39.3 Å². The molecule has 1 unspecified atom stereocenters. The number of ether oxygens (including phenoxy) is 1. The number of piperazine rings is 1. The van der Waals surface area contributed by atoms with Gasteiger partial charge in [-0.25, -0.2) is 9.78 Å². The number of hydrogen-bond donors (Lipinski definition) is 1. The summed E-state index contributed by atoms with van der Waals surface area (Å²) in [6, 6.07) is 9.61. The number of hydrogen-bond acceptors (Lipinski definition) is 6. The fraction of sp³-hybridized carbons (Fsp3) is 0.433. The molecule has 0 radical (unpaired) electrons. The first-order valence-electron chi connectivity index (χ1n) is 13.3. The first-order chi connectivity index (χ1) is 18.4. The number of fused-ring (bicyclic) bond motifs is 2. The number of amides is 1. The van der Waals surface area contributed by atoms with Crippen molar-refractivity contribution in [2.45, 2.75) is 51.9 Å². The van der Waals surface area contributed by atoms with Gasteiger partial charge in [0.05, 0.1) is 29.5 Å². The van der Waals surface area contributed by atoms with Crippen molar-refractivity contribution < 1.29 is 14.6 Å². The van der Waals surface area contributed by atoms with Crippen LogP contribution in [0.3, 0.4) is 0 Å². The number of nitrogens with zero attached hydrogens (tertiary/aromatic N) is 5. The molecule has 2 aliphatic rings. The van der Waals surface area contributed by atoms with E-state index >= 15 is 0 Å². The Labute approximate surface area is 234 Å². The zero-order valence-electron chi connectivity index (χ0n) is 23.4. The SMILES string of the molecule is Cc1ncn(C)c1C(C)(O)C1=Cc2cccnc2[C@@H](N2CCN(C(=O)OC(C)(C)C)CC2)c2ccc(Cl)cc21. The first kappa shape index (κ1) is 27.4. The lowest BCUT2D eigenvalue weighted by Crippen LogP contribution is -2.51. The van der Waals surface area contributed by atoms with Crippen molar-refractivity contribution in [3.8, 4) is 0 Å². The Morgan fingerprint density at radius 1 is 1.10 bits per heavy atom. The van der Waals surface area contributed by atoms with E-state index in [-0.39, 0.29) is 12.1 Å². The van der Waals surface area contributed by atoms with Gasteiger partial charge in [0.1, 0.15) is 11.2 Å². The molecule has 2 atom stereocenters. The summed E-state index contributed by atoms with van der Waals surface area (Å²) in [6.07, 6.45) is 5.26. The zero-order chi connectivity index (χ0) is 28.1. The monoisotopic (exact) mass is 549 g/mol. The van der Waals surface area contributed by atoms with Crippen molar-refractivity contribution in [3.05, 3.63) is 81.7 Å². The summed E-state index contributed by atoms with van der Waals surface area (Å²) in [7, 11) is 1.89. The first-order valence-corrected chi connectivity index (χ1v) is 13.6. The molecule has 3 aromatic rings. The van der Waals surface area contributed by atoms with Crippen LogP contribution in [0.1, 0.15) is 67.5 Å². The van der Waals surface area contributed by atoms with Gasteiger partial charge in [0.15, 0.2) is 0 Å². The van der Waals surface area contributed by atoms with Gasteiger partial charge in [-0.2, -0.15) is 0 Å². The van der Waals surface area contributed by atoms with Gasteiger partial charge in [0, 0.05) is 44.4 Å². The van der Waals surface area contributed by atoms with Gasteiger partial charge in [-0.1, -0.05) is 23.7 Å². The third-order valence-corrected chi connectivity index (χ3v) is 7.70. The molecule has 1 aliphatic heterocycles. The summed E-state index contributed by atoms with van der Waals surface area (Å²) in [4.78, 5) is 26.1. The highest BCUT2D eigenvalue weighted by Gasteiger charge is 2.40. The third kappa shape index (κ3) is 5.21. The number of benzene rings is 1. The molecular formula is C30H36ClN5O3. The van der Waals surface area contributed by atoms with Gasteiger partial charge >= 0.3 is 6.09 Å². The second-order valence-corrected chi connectivity index (χ2v) is 12.0. The van der Waals surface area contributed by atoms with Crippen molar-refractivity contribution in [1.82, 2.24) is 24.3 Å². The maximum absolute atomic E-state index is 12.7. The summed E-state index contributed by atoms with van der Waals surface area (Å²) in [5.41, 5.74) is 4.02. The van der Waals surface area contributed by atoms with E-state index in [1.54, 1.807) is 17.4 Å². The molecule has 1 N–H and O–H groups in total. The fourth-order valence-corrected chi connectivity index (χ4v) is 5.97. The van der Waals surface area contributed by atoms with Gasteiger partial charge in [-0.3, -0.25) is 9.88 Å². The normalized spacial score (nSPS) is 19.4. The lowest BCUT2D eigenvalue weighted by Gasteiger charge is -2.40. The molecule has 0 saturated carbocycles. The smallest absolute Gasteiger partial charge is 0.410 e. The molecule has 9 heteroatoms. The summed E-state index contributed by atoms with van der Waals surface area (Å²) in [5.74, 6) is 0. The summed E-state index contributed by atoms with van der Waals surface area (Å²) in [5, 5.41) is 12.8. The molecule has 0 spiro atoms. The van der Waals surface area contributed by atoms with E-state index in [0.29, 0.717) is 31.2 Å². The van der Waals surface area contributed by atoms with Crippen molar-refractivity contribution in [2.24, 2.45) is 7.05 Å². The lowest BCUT2D eigenvalue weighted by atomic mass is 9.83. The Morgan fingerprint density at radius 2 is 1.82 bits per heavy atom. The van der Waals surface area contributed by atoms with Gasteiger partial charge in [0.2, 0.25) is 0 Å². The Hall–Kier alpha value is -3.20. The number of rotatable bonds is 3. The summed E-state index contributed by atoms with van der Waals surface area (Å²) < 4.78 is 7.47. The van der Waals surface area contributed by atoms with E-state index in [1.807, 2.05) is 82.6 Å². The van der Waals surface area contributed by atoms with Crippen LogP contribution in [0.15, 0.2) is 42.9 Å². The van der Waals surface area contributed by atoms with Gasteiger partial charge < -0.3 is 19.3 Å². The largest absolute Gasteiger partial charge is 0.444 e. The number of imidazole rings is 1. The van der Waals surface area contributed by atoms with E-state index < -0.39 is 11.2 Å². The number of halogens is 1. The van der Waals surface area contributed by atoms with Crippen LogP contribution in [0.25, 0.3) is 11.6 Å². The van der Waals surface area contributed by atoms with E-state index in [9.17, 15) is 9.90 Å². The average molecular weight is 550 g/mol. The number of aryl methyl sites for hydroxylation is 2. The molecule has 3 heterocycles. The minimum atomic E-state index is -1.35. The molecule has 206 valence electrons. The maximum Gasteiger partial charge on any atom is 0.410 e. The molecule has 1 saturated heterocycles. The van der Waals surface area contributed by atoms with Crippen LogP contribution in [0.4, 0.5) is 4.79 Å². The van der Waals surface area contributed by atoms with Crippen molar-refractivity contribution in [2.75, 3.05) is 26.2 Å². The molecule has 39 heavy (non-hydrogen) atoms. The minimum Gasteiger partial charge on any atom is -0.444 e. The lowest BCUT2D eigenvalue weighted by molar-refractivity contribution is 0.0117. The van der Waals surface area contributed by atoms with Crippen molar-refractivity contribution >= 4 is 29.3 Å². The van der Waals surface area contributed by atoms with Crippen LogP contribution in [0, 0.1) is 6.92 Å². The van der Waals surface area contributed by atoms with Crippen molar-refractivity contribution in [3.63, 3.8) is 0 Å². The van der Waals surface area contributed by atoms with Crippen LogP contribution in [0.2, 0.25) is 5.02 Å². The molecule has 0 bridgehead atoms. The zero-order valence-corrected chi connectivity index (χ0v) is 24.2. The Morgan fingerprint density at radius 3 is 2.46 bits per heavy atom. The molecule has 2 aromatic heterocycles. The summed E-state index contributed by atoms with van der Waals surface area (Å²) in [6.45, 7) is 11.7. The van der Waals surface area contributed by atoms with Crippen LogP contribution in [0.5, 0.6) is 0 Å². The van der Waals surface area contributed by atoms with E-state index in [2.05, 4.69) is 9.88 Å². The van der Waals surface area contributed by atoms with Gasteiger partial charge in [0.25, 0.3) is 0 Å². The highest BCUT2D eigenvalue weighted by Crippen LogP contribution is 2.46. The number of aromatic nitrogens is 3. The average Bonchev–Trinajstić information content (AvgIpc) is 3.14. The van der Waals surface area contributed by atoms with Crippen LogP contribution < -0.4 is 0 Å². The van der Waals surface area contributed by atoms with Gasteiger partial charge in [-0.15, -0.1) is 0 Å². The van der Waals surface area contributed by atoms with E-state index in [1.165, 1.54) is 0 Å². The second-order valence-electron chi connectivity index (χ2n) is 11.5. The molecule has 1 aromatic carbocycles. The fourth-order valence-electron chi connectivity index (χ4n) is 5.79. The van der Waals surface area contributed by atoms with Crippen molar-refractivity contribution in [1.29, 1.82) is 0 Å². The quantitative estimate of drug-likeness (QED) is 0.484. The number of pyridine rings is 1. The highest BCUT2D eigenvalue weighted by molar-refractivity contribution is 6.30. The predicted molar refractivity (Wildman–Crippen MR) is 152 cm³/mol. The molecule has 1 fully saturated rings. The van der Waals surface area contributed by atoms with E-state index in [4.69, 9.17) is 21.3 Å². The maximum atomic E-state index is 12.7.